The van der Waals surface area contributed by atoms with Gasteiger partial charge in [0.15, 0.2) is 17.3 Å². The summed E-state index contributed by atoms with van der Waals surface area (Å²) in [5.74, 6) is 1.88. The number of rotatable bonds is 6. The van der Waals surface area contributed by atoms with Crippen LogP contribution in [-0.2, 0) is 6.42 Å². The molecule has 3 heterocycles. The lowest BCUT2D eigenvalue weighted by Crippen LogP contribution is -2.21. The summed E-state index contributed by atoms with van der Waals surface area (Å²) >= 11 is 1.22. The molecule has 2 aromatic carbocycles. The average molecular weight is 421 g/mol. The lowest BCUT2D eigenvalue weighted by Gasteiger charge is -2.23. The number of ketones is 1. The van der Waals surface area contributed by atoms with Crippen LogP contribution in [0.25, 0.3) is 10.9 Å². The molecule has 4 aromatic rings. The minimum absolute atomic E-state index is 0.00503. The van der Waals surface area contributed by atoms with Crippen LogP contribution >= 0.6 is 11.8 Å². The molecule has 0 radical (unpaired) electrons. The maximum Gasteiger partial charge on any atom is 0.277 e. The first-order valence-electron chi connectivity index (χ1n) is 9.69. The molecule has 152 valence electrons. The second-order valence-electron chi connectivity index (χ2n) is 6.88. The van der Waals surface area contributed by atoms with Crippen molar-refractivity contribution in [1.82, 2.24) is 15.2 Å². The van der Waals surface area contributed by atoms with E-state index in [4.69, 9.17) is 13.9 Å². The van der Waals surface area contributed by atoms with Crippen LogP contribution in [0.15, 0.2) is 58.3 Å². The maximum atomic E-state index is 12.8. The average Bonchev–Trinajstić information content (AvgIpc) is 3.44. The summed E-state index contributed by atoms with van der Waals surface area (Å²) in [7, 11) is 0. The number of carbonyl (C=O) groups is 1. The van der Waals surface area contributed by atoms with Crippen LogP contribution in [0.5, 0.6) is 11.5 Å². The summed E-state index contributed by atoms with van der Waals surface area (Å²) < 4.78 is 17.3. The molecular formula is C22H19N3O4S. The smallest absolute Gasteiger partial charge is 0.277 e. The van der Waals surface area contributed by atoms with Crippen molar-refractivity contribution >= 4 is 28.4 Å². The number of carbonyl (C=O) groups excluding carboxylic acids is 1. The molecule has 1 atom stereocenters. The van der Waals surface area contributed by atoms with E-state index in [0.29, 0.717) is 28.2 Å². The van der Waals surface area contributed by atoms with Gasteiger partial charge in [-0.2, -0.15) is 0 Å². The van der Waals surface area contributed by atoms with E-state index < -0.39 is 6.10 Å². The number of aryl methyl sites for hydroxylation is 1. The first-order valence-corrected chi connectivity index (χ1v) is 10.7. The molecule has 1 aliphatic heterocycles. The second-order valence-corrected chi connectivity index (χ2v) is 7.80. The summed E-state index contributed by atoms with van der Waals surface area (Å²) in [4.78, 5) is 16.0. The van der Waals surface area contributed by atoms with Crippen molar-refractivity contribution in [2.24, 2.45) is 0 Å². The monoisotopic (exact) mass is 421 g/mol. The minimum Gasteiger partial charge on any atom is -0.485 e. The Morgan fingerprint density at radius 2 is 2.03 bits per heavy atom. The molecule has 5 rings (SSSR count). The molecule has 0 saturated carbocycles. The molecule has 0 unspecified atom stereocenters. The number of nitrogens with one attached hydrogen (secondary N) is 1. The van der Waals surface area contributed by atoms with Gasteiger partial charge in [-0.25, -0.2) is 0 Å². The maximum absolute atomic E-state index is 12.8. The molecule has 0 amide bonds. The van der Waals surface area contributed by atoms with E-state index in [0.717, 1.165) is 17.3 Å². The molecule has 0 fully saturated rings. The van der Waals surface area contributed by atoms with E-state index in [9.17, 15) is 4.79 Å². The van der Waals surface area contributed by atoms with Crippen molar-refractivity contribution in [2.45, 2.75) is 24.7 Å². The van der Waals surface area contributed by atoms with Gasteiger partial charge in [-0.1, -0.05) is 49.0 Å². The SMILES string of the molecule is CCc1cccc2c(C(=O)CSc3nnc([C@@H]4COc5ccccc5O4)o3)c[nH]c12. The van der Waals surface area contributed by atoms with Crippen LogP contribution in [0.4, 0.5) is 0 Å². The predicted molar refractivity (Wildman–Crippen MR) is 112 cm³/mol. The van der Waals surface area contributed by atoms with E-state index >= 15 is 0 Å². The molecule has 0 saturated heterocycles. The number of thioether (sulfide) groups is 1. The Bertz CT molecular complexity index is 1220. The summed E-state index contributed by atoms with van der Waals surface area (Å²) in [5, 5.41) is 9.38. The van der Waals surface area contributed by atoms with Crippen LogP contribution in [0.3, 0.4) is 0 Å². The number of hydrogen-bond acceptors (Lipinski definition) is 7. The molecule has 2 aromatic heterocycles. The molecule has 0 spiro atoms. The van der Waals surface area contributed by atoms with E-state index in [1.165, 1.54) is 17.3 Å². The number of fused-ring (bicyclic) bond motifs is 2. The molecule has 7 nitrogen and oxygen atoms in total. The Labute approximate surface area is 176 Å². The van der Waals surface area contributed by atoms with Crippen LogP contribution in [-0.4, -0.2) is 33.3 Å². The van der Waals surface area contributed by atoms with E-state index in [1.807, 2.05) is 36.4 Å². The van der Waals surface area contributed by atoms with Crippen molar-refractivity contribution in [3.05, 3.63) is 65.7 Å². The van der Waals surface area contributed by atoms with Gasteiger partial charge in [-0.3, -0.25) is 4.79 Å². The Morgan fingerprint density at radius 1 is 1.17 bits per heavy atom. The van der Waals surface area contributed by atoms with Crippen molar-refractivity contribution in [2.75, 3.05) is 12.4 Å². The zero-order valence-electron chi connectivity index (χ0n) is 16.3. The standard InChI is InChI=1S/C22H19N3O4S/c1-2-13-6-5-7-14-15(10-23-20(13)14)16(26)12-30-22-25-24-21(29-22)19-11-27-17-8-3-4-9-18(17)28-19/h3-10,19,23H,2,11-12H2,1H3/t19-/m0/s1. The fourth-order valence-corrected chi connectivity index (χ4v) is 4.15. The number of ether oxygens (including phenoxy) is 2. The lowest BCUT2D eigenvalue weighted by molar-refractivity contribution is 0.0686. The molecule has 1 aliphatic rings. The van der Waals surface area contributed by atoms with Gasteiger partial charge in [0.05, 0.1) is 5.75 Å². The number of Topliss-reactive ketones (excluding diaryl/α,β-unsaturated/α-hetero) is 1. The van der Waals surface area contributed by atoms with Gasteiger partial charge in [-0.05, 0) is 24.1 Å². The highest BCUT2D eigenvalue weighted by Gasteiger charge is 2.27. The lowest BCUT2D eigenvalue weighted by atomic mass is 10.1. The van der Waals surface area contributed by atoms with Crippen molar-refractivity contribution < 1.29 is 18.7 Å². The Hall–Kier alpha value is -3.26. The van der Waals surface area contributed by atoms with Crippen molar-refractivity contribution in [3.8, 4) is 11.5 Å². The first kappa shape index (κ1) is 18.7. The van der Waals surface area contributed by atoms with Crippen molar-refractivity contribution in [1.29, 1.82) is 0 Å². The number of aromatic amines is 1. The fraction of sp³-hybridized carbons (Fsp3) is 0.227. The van der Waals surface area contributed by atoms with Gasteiger partial charge in [0.1, 0.15) is 6.61 Å². The third-order valence-electron chi connectivity index (χ3n) is 5.02. The summed E-state index contributed by atoms with van der Waals surface area (Å²) in [6, 6.07) is 13.5. The van der Waals surface area contributed by atoms with Gasteiger partial charge in [0.2, 0.25) is 6.10 Å². The zero-order valence-corrected chi connectivity index (χ0v) is 17.1. The highest BCUT2D eigenvalue weighted by molar-refractivity contribution is 7.99. The number of nitrogens with zero attached hydrogens (tertiary/aromatic N) is 2. The predicted octanol–water partition coefficient (Wildman–Crippen LogP) is 4.60. The number of aromatic nitrogens is 3. The third kappa shape index (κ3) is 3.43. The number of para-hydroxylation sites is 3. The zero-order chi connectivity index (χ0) is 20.5. The third-order valence-corrected chi connectivity index (χ3v) is 5.83. The topological polar surface area (TPSA) is 90.2 Å². The van der Waals surface area contributed by atoms with Crippen LogP contribution < -0.4 is 9.47 Å². The number of benzene rings is 2. The van der Waals surface area contributed by atoms with Crippen LogP contribution in [0.2, 0.25) is 0 Å². The van der Waals surface area contributed by atoms with E-state index in [-0.39, 0.29) is 18.1 Å². The van der Waals surface area contributed by atoms with Gasteiger partial charge in [0, 0.05) is 22.7 Å². The van der Waals surface area contributed by atoms with Crippen LogP contribution in [0.1, 0.15) is 34.8 Å². The first-order chi connectivity index (χ1) is 14.7. The number of H-pyrrole nitrogens is 1. The molecule has 1 N–H and O–H groups in total. The van der Waals surface area contributed by atoms with E-state index in [2.05, 4.69) is 28.2 Å². The van der Waals surface area contributed by atoms with Gasteiger partial charge in [-0.15, -0.1) is 10.2 Å². The number of hydrogen-bond donors (Lipinski definition) is 1. The normalized spacial score (nSPS) is 15.4. The largest absolute Gasteiger partial charge is 0.485 e. The summed E-state index contributed by atoms with van der Waals surface area (Å²) in [6.07, 6.45) is 2.21. The Balaban J connectivity index is 1.26. The quantitative estimate of drug-likeness (QED) is 0.359. The van der Waals surface area contributed by atoms with E-state index in [1.54, 1.807) is 6.20 Å². The highest BCUT2D eigenvalue weighted by atomic mass is 32.2. The molecular weight excluding hydrogens is 402 g/mol. The minimum atomic E-state index is -0.474. The summed E-state index contributed by atoms with van der Waals surface area (Å²) in [6.45, 7) is 2.39. The summed E-state index contributed by atoms with van der Waals surface area (Å²) in [5.41, 5.74) is 2.88. The second kappa shape index (κ2) is 7.87. The Kier molecular flexibility index (Phi) is 4.92. The van der Waals surface area contributed by atoms with Gasteiger partial charge < -0.3 is 18.9 Å². The van der Waals surface area contributed by atoms with Gasteiger partial charge >= 0.3 is 0 Å². The molecule has 0 bridgehead atoms. The molecule has 30 heavy (non-hydrogen) atoms. The fourth-order valence-electron chi connectivity index (χ4n) is 3.50. The molecule has 0 aliphatic carbocycles. The highest BCUT2D eigenvalue weighted by Crippen LogP contribution is 2.36. The Morgan fingerprint density at radius 3 is 2.90 bits per heavy atom. The van der Waals surface area contributed by atoms with Crippen LogP contribution in [0, 0.1) is 0 Å². The van der Waals surface area contributed by atoms with Gasteiger partial charge in [0.25, 0.3) is 11.1 Å². The molecule has 8 heteroatoms. The van der Waals surface area contributed by atoms with Crippen molar-refractivity contribution in [3.63, 3.8) is 0 Å².